The molecule has 0 aliphatic rings. The monoisotopic (exact) mass is 450 g/mol. The zero-order valence-electron chi connectivity index (χ0n) is 18.9. The van der Waals surface area contributed by atoms with Crippen LogP contribution in [0, 0.1) is 0 Å². The second kappa shape index (κ2) is 10.5. The SMILES string of the molecule is C=C(CCn1c(-c2ccccc2)nc(-c2ccncn2)c1-c1ccccc1)CC(=C)CC(=O)O. The molecule has 0 aliphatic carbocycles. The minimum Gasteiger partial charge on any atom is -0.481 e. The van der Waals surface area contributed by atoms with Gasteiger partial charge in [0.15, 0.2) is 0 Å². The first kappa shape index (κ1) is 22.9. The summed E-state index contributed by atoms with van der Waals surface area (Å²) in [6.45, 7) is 8.70. The molecule has 6 heteroatoms. The van der Waals surface area contributed by atoms with Crippen LogP contribution in [0.4, 0.5) is 0 Å². The van der Waals surface area contributed by atoms with Crippen molar-refractivity contribution in [2.45, 2.75) is 25.8 Å². The van der Waals surface area contributed by atoms with E-state index in [1.807, 2.05) is 54.6 Å². The van der Waals surface area contributed by atoms with Crippen molar-refractivity contribution in [1.82, 2.24) is 19.5 Å². The number of allylic oxidation sites excluding steroid dienone is 1. The van der Waals surface area contributed by atoms with Crippen molar-refractivity contribution in [2.75, 3.05) is 0 Å². The van der Waals surface area contributed by atoms with Gasteiger partial charge in [-0.3, -0.25) is 4.79 Å². The molecule has 1 N–H and O–H groups in total. The van der Waals surface area contributed by atoms with Crippen molar-refractivity contribution in [2.24, 2.45) is 0 Å². The highest BCUT2D eigenvalue weighted by atomic mass is 16.4. The maximum atomic E-state index is 11.0. The van der Waals surface area contributed by atoms with Crippen molar-refractivity contribution < 1.29 is 9.90 Å². The van der Waals surface area contributed by atoms with E-state index in [4.69, 9.17) is 10.1 Å². The van der Waals surface area contributed by atoms with Crippen LogP contribution in [-0.4, -0.2) is 30.6 Å². The van der Waals surface area contributed by atoms with E-state index in [2.05, 4.69) is 39.8 Å². The van der Waals surface area contributed by atoms with Gasteiger partial charge in [0.25, 0.3) is 0 Å². The summed E-state index contributed by atoms with van der Waals surface area (Å²) in [4.78, 5) is 24.6. The molecule has 0 amide bonds. The lowest BCUT2D eigenvalue weighted by Crippen LogP contribution is -2.05. The van der Waals surface area contributed by atoms with E-state index in [-0.39, 0.29) is 6.42 Å². The molecule has 170 valence electrons. The predicted octanol–water partition coefficient (Wildman–Crippen LogP) is 6.04. The largest absolute Gasteiger partial charge is 0.481 e. The molecule has 2 aromatic carbocycles. The molecule has 6 nitrogen and oxygen atoms in total. The lowest BCUT2D eigenvalue weighted by molar-refractivity contribution is -0.136. The lowest BCUT2D eigenvalue weighted by atomic mass is 10.0. The van der Waals surface area contributed by atoms with Gasteiger partial charge >= 0.3 is 5.97 Å². The molecular weight excluding hydrogens is 424 g/mol. The number of aromatic nitrogens is 4. The topological polar surface area (TPSA) is 80.9 Å². The molecule has 2 aromatic heterocycles. The number of carboxylic acids is 1. The van der Waals surface area contributed by atoms with Gasteiger partial charge in [0.05, 0.1) is 17.8 Å². The van der Waals surface area contributed by atoms with Crippen LogP contribution in [-0.2, 0) is 11.3 Å². The first-order valence-corrected chi connectivity index (χ1v) is 11.1. The van der Waals surface area contributed by atoms with Gasteiger partial charge in [-0.1, -0.05) is 85.0 Å². The van der Waals surface area contributed by atoms with Crippen molar-refractivity contribution in [1.29, 1.82) is 0 Å². The fraction of sp³-hybridized carbons (Fsp3) is 0.143. The smallest absolute Gasteiger partial charge is 0.307 e. The molecule has 0 fully saturated rings. The number of carbonyl (C=O) groups is 1. The molecule has 0 saturated heterocycles. The van der Waals surface area contributed by atoms with Crippen molar-refractivity contribution >= 4 is 5.97 Å². The van der Waals surface area contributed by atoms with Crippen LogP contribution < -0.4 is 0 Å². The van der Waals surface area contributed by atoms with Crippen LogP contribution in [0.3, 0.4) is 0 Å². The van der Waals surface area contributed by atoms with Crippen LogP contribution in [0.1, 0.15) is 19.3 Å². The molecule has 0 spiro atoms. The summed E-state index contributed by atoms with van der Waals surface area (Å²) in [7, 11) is 0. The average Bonchev–Trinajstić information content (AvgIpc) is 3.23. The number of hydrogen-bond acceptors (Lipinski definition) is 4. The first-order valence-electron chi connectivity index (χ1n) is 11.1. The van der Waals surface area contributed by atoms with Gasteiger partial charge in [0.2, 0.25) is 0 Å². The van der Waals surface area contributed by atoms with Crippen LogP contribution in [0.25, 0.3) is 34.0 Å². The third-order valence-electron chi connectivity index (χ3n) is 5.46. The van der Waals surface area contributed by atoms with Gasteiger partial charge in [-0.2, -0.15) is 0 Å². The number of benzene rings is 2. The molecule has 0 atom stereocenters. The Hall–Kier alpha value is -4.32. The van der Waals surface area contributed by atoms with Crippen molar-refractivity contribution in [3.05, 3.63) is 104 Å². The van der Waals surface area contributed by atoms with Gasteiger partial charge in [0, 0.05) is 23.9 Å². The van der Waals surface area contributed by atoms with E-state index in [1.54, 1.807) is 6.20 Å². The summed E-state index contributed by atoms with van der Waals surface area (Å²) < 4.78 is 2.20. The Kier molecular flexibility index (Phi) is 7.08. The van der Waals surface area contributed by atoms with Gasteiger partial charge in [-0.05, 0) is 18.9 Å². The summed E-state index contributed by atoms with van der Waals surface area (Å²) >= 11 is 0. The normalized spacial score (nSPS) is 10.7. The fourth-order valence-corrected chi connectivity index (χ4v) is 3.96. The highest BCUT2D eigenvalue weighted by Crippen LogP contribution is 2.36. The van der Waals surface area contributed by atoms with Gasteiger partial charge < -0.3 is 9.67 Å². The van der Waals surface area contributed by atoms with Crippen molar-refractivity contribution in [3.8, 4) is 34.0 Å². The van der Waals surface area contributed by atoms with E-state index >= 15 is 0 Å². The number of carboxylic acid groups (broad SMARTS) is 1. The third kappa shape index (κ3) is 5.35. The molecule has 0 bridgehead atoms. The van der Waals surface area contributed by atoms with E-state index in [0.717, 1.165) is 39.6 Å². The highest BCUT2D eigenvalue weighted by Gasteiger charge is 2.22. The van der Waals surface area contributed by atoms with E-state index < -0.39 is 5.97 Å². The fourth-order valence-electron chi connectivity index (χ4n) is 3.96. The minimum absolute atomic E-state index is 0.0491. The summed E-state index contributed by atoms with van der Waals surface area (Å²) in [5, 5.41) is 9.03. The Balaban J connectivity index is 1.78. The molecule has 0 saturated carbocycles. The summed E-state index contributed by atoms with van der Waals surface area (Å²) in [6.07, 6.45) is 4.35. The molecule has 4 aromatic rings. The van der Waals surface area contributed by atoms with Crippen LogP contribution in [0.15, 0.2) is 104 Å². The molecule has 0 aliphatic heterocycles. The van der Waals surface area contributed by atoms with Gasteiger partial charge in [-0.25, -0.2) is 15.0 Å². The third-order valence-corrected chi connectivity index (χ3v) is 5.46. The zero-order chi connectivity index (χ0) is 23.9. The number of hydrogen-bond donors (Lipinski definition) is 1. The number of rotatable bonds is 10. The Morgan fingerprint density at radius 1 is 0.882 bits per heavy atom. The van der Waals surface area contributed by atoms with Crippen LogP contribution >= 0.6 is 0 Å². The van der Waals surface area contributed by atoms with Crippen molar-refractivity contribution in [3.63, 3.8) is 0 Å². The van der Waals surface area contributed by atoms with E-state index in [0.29, 0.717) is 25.0 Å². The average molecular weight is 451 g/mol. The number of nitrogens with zero attached hydrogens (tertiary/aromatic N) is 4. The Morgan fingerprint density at radius 2 is 1.56 bits per heavy atom. The van der Waals surface area contributed by atoms with Gasteiger partial charge in [-0.15, -0.1) is 0 Å². The molecular formula is C28H26N4O2. The first-order chi connectivity index (χ1) is 16.5. The lowest BCUT2D eigenvalue weighted by Gasteiger charge is -2.15. The second-order valence-corrected chi connectivity index (χ2v) is 8.11. The molecule has 0 unspecified atom stereocenters. The summed E-state index contributed by atoms with van der Waals surface area (Å²) in [5.74, 6) is -0.0372. The Morgan fingerprint density at radius 3 is 2.18 bits per heavy atom. The van der Waals surface area contributed by atoms with Crippen LogP contribution in [0.5, 0.6) is 0 Å². The highest BCUT2D eigenvalue weighted by molar-refractivity contribution is 5.80. The second-order valence-electron chi connectivity index (χ2n) is 8.11. The zero-order valence-corrected chi connectivity index (χ0v) is 18.9. The summed E-state index contributed by atoms with van der Waals surface area (Å²) in [6, 6.07) is 22.1. The Labute approximate surface area is 199 Å². The number of aliphatic carboxylic acids is 1. The quantitative estimate of drug-likeness (QED) is 0.298. The maximum absolute atomic E-state index is 11.0. The maximum Gasteiger partial charge on any atom is 0.307 e. The predicted molar refractivity (Wildman–Crippen MR) is 134 cm³/mol. The molecule has 4 rings (SSSR count). The number of imidazole rings is 1. The molecule has 34 heavy (non-hydrogen) atoms. The Bertz CT molecular complexity index is 1300. The van der Waals surface area contributed by atoms with Crippen LogP contribution in [0.2, 0.25) is 0 Å². The van der Waals surface area contributed by atoms with E-state index in [1.165, 1.54) is 6.33 Å². The van der Waals surface area contributed by atoms with Gasteiger partial charge in [0.1, 0.15) is 17.8 Å². The standard InChI is InChI=1S/C28H26N4O2/c1-20(17-21(2)18-25(33)34)14-16-32-27(22-9-5-3-6-10-22)26(24-13-15-29-19-30-24)31-28(32)23-11-7-4-8-12-23/h3-13,15,19H,1-2,14,16-18H2,(H,33,34). The molecule has 0 radical (unpaired) electrons. The molecule has 2 heterocycles. The minimum atomic E-state index is -0.875. The summed E-state index contributed by atoms with van der Waals surface area (Å²) in [5.41, 5.74) is 6.12. The van der Waals surface area contributed by atoms with E-state index in [9.17, 15) is 4.79 Å².